The first-order chi connectivity index (χ1) is 6.91. The zero-order chi connectivity index (χ0) is 11.1. The normalized spacial score (nSPS) is 27.0. The van der Waals surface area contributed by atoms with E-state index in [4.69, 9.17) is 0 Å². The lowest BCUT2D eigenvalue weighted by atomic mass is 9.84. The van der Waals surface area contributed by atoms with Crippen LogP contribution in [0.3, 0.4) is 0 Å². The number of nitrogens with zero attached hydrogens (tertiary/aromatic N) is 1. The Morgan fingerprint density at radius 2 is 1.80 bits per heavy atom. The summed E-state index contributed by atoms with van der Waals surface area (Å²) < 4.78 is 0. The minimum absolute atomic E-state index is 0.152. The third-order valence-electron chi connectivity index (χ3n) is 3.90. The molecule has 86 valence electrons. The van der Waals surface area contributed by atoms with Gasteiger partial charge in [0.25, 0.3) is 0 Å². The maximum atomic E-state index is 11.3. The fraction of sp³-hybridized carbons (Fsp3) is 0.917. The number of carbonyl (C=O) groups is 1. The van der Waals surface area contributed by atoms with Crippen LogP contribution in [0.2, 0.25) is 0 Å². The van der Waals surface area contributed by atoms with Gasteiger partial charge in [0, 0.05) is 30.6 Å². The fourth-order valence-corrected chi connectivity index (χ4v) is 2.75. The lowest BCUT2D eigenvalue weighted by molar-refractivity contribution is -0.120. The van der Waals surface area contributed by atoms with Crippen molar-refractivity contribution in [1.29, 1.82) is 0 Å². The van der Waals surface area contributed by atoms with Crippen molar-refractivity contribution in [3.8, 4) is 0 Å². The molecule has 0 saturated carbocycles. The first-order valence-electron chi connectivity index (χ1n) is 5.97. The molecule has 0 aromatic heterocycles. The van der Waals surface area contributed by atoms with Gasteiger partial charge in [-0.25, -0.2) is 0 Å². The van der Waals surface area contributed by atoms with E-state index in [0.717, 1.165) is 38.8 Å². The number of carbonyl (C=O) groups excluding carboxylic acids is 1. The molecule has 3 nitrogen and oxygen atoms in total. The largest absolute Gasteiger partial charge is 0.351 e. The van der Waals surface area contributed by atoms with Gasteiger partial charge in [-0.15, -0.1) is 0 Å². The lowest BCUT2D eigenvalue weighted by Crippen LogP contribution is -2.55. The number of hydrogen-bond donors (Lipinski definition) is 1. The van der Waals surface area contributed by atoms with Gasteiger partial charge in [0.05, 0.1) is 0 Å². The van der Waals surface area contributed by atoms with E-state index in [9.17, 15) is 4.79 Å². The lowest BCUT2D eigenvalue weighted by Gasteiger charge is -2.45. The number of nitrogens with one attached hydrogen (secondary N) is 1. The van der Waals surface area contributed by atoms with Gasteiger partial charge < -0.3 is 5.32 Å². The quantitative estimate of drug-likeness (QED) is 0.657. The van der Waals surface area contributed by atoms with E-state index >= 15 is 0 Å². The van der Waals surface area contributed by atoms with Gasteiger partial charge in [0.1, 0.15) is 0 Å². The summed E-state index contributed by atoms with van der Waals surface area (Å²) in [6.07, 6.45) is 4.02. The Hall–Kier alpha value is -0.570. The molecule has 2 saturated heterocycles. The van der Waals surface area contributed by atoms with Gasteiger partial charge in [-0.2, -0.15) is 0 Å². The Kier molecular flexibility index (Phi) is 2.53. The number of rotatable bonds is 0. The molecular weight excluding hydrogens is 188 g/mol. The molecule has 2 fully saturated rings. The summed E-state index contributed by atoms with van der Waals surface area (Å²) in [6, 6.07) is 0. The SMILES string of the molecule is CC(C)(C)N1CCC2(CCC(=O)N2)CC1. The van der Waals surface area contributed by atoms with E-state index in [1.807, 2.05) is 0 Å². The van der Waals surface area contributed by atoms with Crippen molar-refractivity contribution in [2.75, 3.05) is 13.1 Å². The van der Waals surface area contributed by atoms with E-state index in [-0.39, 0.29) is 17.0 Å². The molecule has 0 bridgehead atoms. The zero-order valence-corrected chi connectivity index (χ0v) is 10.1. The van der Waals surface area contributed by atoms with Crippen LogP contribution < -0.4 is 5.32 Å². The highest BCUT2D eigenvalue weighted by Gasteiger charge is 2.41. The Morgan fingerprint density at radius 3 is 2.20 bits per heavy atom. The van der Waals surface area contributed by atoms with Gasteiger partial charge in [-0.3, -0.25) is 9.69 Å². The smallest absolute Gasteiger partial charge is 0.220 e. The average Bonchev–Trinajstić information content (AvgIpc) is 2.47. The van der Waals surface area contributed by atoms with E-state index in [2.05, 4.69) is 31.0 Å². The van der Waals surface area contributed by atoms with E-state index < -0.39 is 0 Å². The summed E-state index contributed by atoms with van der Waals surface area (Å²) in [5.41, 5.74) is 0.420. The highest BCUT2D eigenvalue weighted by Crippen LogP contribution is 2.33. The van der Waals surface area contributed by atoms with Crippen LogP contribution >= 0.6 is 0 Å². The average molecular weight is 210 g/mol. The highest BCUT2D eigenvalue weighted by atomic mass is 16.2. The summed E-state index contributed by atoms with van der Waals surface area (Å²) >= 11 is 0. The minimum Gasteiger partial charge on any atom is -0.351 e. The summed E-state index contributed by atoms with van der Waals surface area (Å²) in [4.78, 5) is 13.8. The molecule has 0 unspecified atom stereocenters. The summed E-state index contributed by atoms with van der Waals surface area (Å²) in [7, 11) is 0. The number of amides is 1. The molecule has 2 heterocycles. The van der Waals surface area contributed by atoms with E-state index in [0.29, 0.717) is 0 Å². The molecular formula is C12H22N2O. The predicted molar refractivity (Wildman–Crippen MR) is 60.7 cm³/mol. The minimum atomic E-state index is 0.152. The topological polar surface area (TPSA) is 32.3 Å². The summed E-state index contributed by atoms with van der Waals surface area (Å²) in [5, 5.41) is 3.18. The second kappa shape index (κ2) is 3.48. The van der Waals surface area contributed by atoms with Crippen LogP contribution in [0.25, 0.3) is 0 Å². The van der Waals surface area contributed by atoms with Crippen molar-refractivity contribution in [2.24, 2.45) is 0 Å². The molecule has 0 aromatic carbocycles. The van der Waals surface area contributed by atoms with Crippen LogP contribution in [0.4, 0.5) is 0 Å². The number of piperidine rings is 1. The molecule has 2 aliphatic rings. The monoisotopic (exact) mass is 210 g/mol. The molecule has 0 radical (unpaired) electrons. The molecule has 1 N–H and O–H groups in total. The summed E-state index contributed by atoms with van der Waals surface area (Å²) in [5.74, 6) is 0.249. The van der Waals surface area contributed by atoms with Gasteiger partial charge in [-0.1, -0.05) is 0 Å². The molecule has 0 atom stereocenters. The highest BCUT2D eigenvalue weighted by molar-refractivity contribution is 5.79. The Bertz CT molecular complexity index is 259. The van der Waals surface area contributed by atoms with Gasteiger partial charge in [0.2, 0.25) is 5.91 Å². The van der Waals surface area contributed by atoms with Crippen molar-refractivity contribution < 1.29 is 4.79 Å². The number of hydrogen-bond acceptors (Lipinski definition) is 2. The van der Waals surface area contributed by atoms with Crippen LogP contribution in [0.15, 0.2) is 0 Å². The second-order valence-corrected chi connectivity index (χ2v) is 5.99. The third-order valence-corrected chi connectivity index (χ3v) is 3.90. The predicted octanol–water partition coefficient (Wildman–Crippen LogP) is 1.53. The third kappa shape index (κ3) is 2.17. The van der Waals surface area contributed by atoms with Gasteiger partial charge in [0.15, 0.2) is 0 Å². The summed E-state index contributed by atoms with van der Waals surface area (Å²) in [6.45, 7) is 9.02. The molecule has 15 heavy (non-hydrogen) atoms. The van der Waals surface area contributed by atoms with Crippen LogP contribution in [-0.2, 0) is 4.79 Å². The molecule has 0 aliphatic carbocycles. The first-order valence-corrected chi connectivity index (χ1v) is 5.97. The van der Waals surface area contributed by atoms with E-state index in [1.54, 1.807) is 0 Å². The van der Waals surface area contributed by atoms with Gasteiger partial charge in [-0.05, 0) is 40.0 Å². The Labute approximate surface area is 92.2 Å². The number of likely N-dealkylation sites (tertiary alicyclic amines) is 1. The zero-order valence-electron chi connectivity index (χ0n) is 10.1. The van der Waals surface area contributed by atoms with Crippen LogP contribution in [0.1, 0.15) is 46.5 Å². The second-order valence-electron chi connectivity index (χ2n) is 5.99. The Morgan fingerprint density at radius 1 is 1.20 bits per heavy atom. The molecule has 2 rings (SSSR count). The van der Waals surface area contributed by atoms with Crippen LogP contribution in [0.5, 0.6) is 0 Å². The molecule has 3 heteroatoms. The maximum absolute atomic E-state index is 11.3. The van der Waals surface area contributed by atoms with Crippen molar-refractivity contribution in [3.63, 3.8) is 0 Å². The fourth-order valence-electron chi connectivity index (χ4n) is 2.75. The maximum Gasteiger partial charge on any atom is 0.220 e. The van der Waals surface area contributed by atoms with Crippen molar-refractivity contribution in [1.82, 2.24) is 10.2 Å². The van der Waals surface area contributed by atoms with Crippen molar-refractivity contribution in [3.05, 3.63) is 0 Å². The van der Waals surface area contributed by atoms with Gasteiger partial charge >= 0.3 is 0 Å². The molecule has 1 spiro atoms. The van der Waals surface area contributed by atoms with E-state index in [1.165, 1.54) is 0 Å². The molecule has 0 aromatic rings. The molecule has 2 aliphatic heterocycles. The first kappa shape index (κ1) is 10.9. The van der Waals surface area contributed by atoms with Crippen LogP contribution in [-0.4, -0.2) is 35.0 Å². The standard InChI is InChI=1S/C12H22N2O/c1-11(2,3)14-8-6-12(7-9-14)5-4-10(15)13-12/h4-9H2,1-3H3,(H,13,15). The van der Waals surface area contributed by atoms with Crippen molar-refractivity contribution in [2.45, 2.75) is 57.5 Å². The Balaban J connectivity index is 1.95. The van der Waals surface area contributed by atoms with Crippen molar-refractivity contribution >= 4 is 5.91 Å². The van der Waals surface area contributed by atoms with Crippen LogP contribution in [0, 0.1) is 0 Å². The molecule has 1 amide bonds.